The van der Waals surface area contributed by atoms with Crippen LogP contribution in [0.4, 0.5) is 0 Å². The Morgan fingerprint density at radius 2 is 2.09 bits per heavy atom. The topological polar surface area (TPSA) is 88.5 Å². The molecule has 0 aliphatic carbocycles. The number of aliphatic hydroxyl groups excluding tert-OH is 1. The molecule has 0 amide bonds. The highest BCUT2D eigenvalue weighted by atomic mass is 16.4. The summed E-state index contributed by atoms with van der Waals surface area (Å²) < 4.78 is 1.93. The molecule has 120 valence electrons. The van der Waals surface area contributed by atoms with E-state index < -0.39 is 5.97 Å². The van der Waals surface area contributed by atoms with Crippen LogP contribution in [-0.4, -0.2) is 33.9 Å². The number of benzene rings is 1. The summed E-state index contributed by atoms with van der Waals surface area (Å²) in [4.78, 5) is 11.7. The highest BCUT2D eigenvalue weighted by molar-refractivity contribution is 6.04. The molecule has 2 aromatic rings. The van der Waals surface area contributed by atoms with E-state index in [1.807, 2.05) is 10.8 Å². The van der Waals surface area contributed by atoms with Gasteiger partial charge in [0.15, 0.2) is 0 Å². The maximum absolute atomic E-state index is 11.7. The van der Waals surface area contributed by atoms with Crippen molar-refractivity contribution in [1.82, 2.24) is 4.57 Å². The molecule has 5 heteroatoms. The van der Waals surface area contributed by atoms with Crippen LogP contribution in [0.2, 0.25) is 0 Å². The Labute approximate surface area is 130 Å². The van der Waals surface area contributed by atoms with Crippen LogP contribution < -0.4 is 5.73 Å². The number of rotatable bonds is 7. The number of nitrogens with zero attached hydrogens (tertiary/aromatic N) is 1. The molecule has 1 aromatic carbocycles. The van der Waals surface area contributed by atoms with Crippen LogP contribution in [0.25, 0.3) is 10.9 Å². The molecule has 0 aliphatic heterocycles. The second kappa shape index (κ2) is 6.94. The van der Waals surface area contributed by atoms with Crippen molar-refractivity contribution in [3.8, 4) is 0 Å². The minimum atomic E-state index is -0.919. The highest BCUT2D eigenvalue weighted by Crippen LogP contribution is 2.30. The monoisotopic (exact) mass is 304 g/mol. The van der Waals surface area contributed by atoms with Gasteiger partial charge < -0.3 is 20.5 Å². The lowest BCUT2D eigenvalue weighted by molar-refractivity contribution is 0.0698. The number of aromatic nitrogens is 1. The Bertz CT molecular complexity index is 674. The lowest BCUT2D eigenvalue weighted by Gasteiger charge is -2.11. The molecule has 0 aliphatic rings. The van der Waals surface area contributed by atoms with Crippen LogP contribution >= 0.6 is 0 Å². The molecule has 0 saturated carbocycles. The van der Waals surface area contributed by atoms with Crippen molar-refractivity contribution in [2.45, 2.75) is 39.2 Å². The number of aromatic carboxylic acids is 1. The second-order valence-corrected chi connectivity index (χ2v) is 5.89. The molecule has 4 N–H and O–H groups in total. The smallest absolute Gasteiger partial charge is 0.337 e. The van der Waals surface area contributed by atoms with E-state index in [0.717, 1.165) is 28.5 Å². The molecule has 0 atom stereocenters. The molecule has 0 radical (unpaired) electrons. The van der Waals surface area contributed by atoms with Gasteiger partial charge in [-0.2, -0.15) is 0 Å². The number of carboxylic acid groups (broad SMARTS) is 1. The zero-order valence-electron chi connectivity index (χ0n) is 13.2. The zero-order valence-corrected chi connectivity index (χ0v) is 13.2. The molecule has 0 saturated heterocycles. The largest absolute Gasteiger partial charge is 0.478 e. The predicted octanol–water partition coefficient (Wildman–Crippen LogP) is 2.35. The van der Waals surface area contributed by atoms with Crippen LogP contribution in [0.15, 0.2) is 18.3 Å². The van der Waals surface area contributed by atoms with Gasteiger partial charge >= 0.3 is 5.97 Å². The third-order valence-electron chi connectivity index (χ3n) is 3.95. The number of fused-ring (bicyclic) bond motifs is 1. The standard InChI is InChI=1S/C17H24N2O3/c1-11(2)13-8-14-12(4-3-7-20)10-19(6-5-18)16(14)15(9-13)17(21)22/h8-11,20H,3-7,18H2,1-2H3,(H,21,22). The summed E-state index contributed by atoms with van der Waals surface area (Å²) in [6, 6.07) is 3.84. The van der Waals surface area contributed by atoms with Crippen LogP contribution in [0.3, 0.4) is 0 Å². The SMILES string of the molecule is CC(C)c1cc(C(=O)O)c2c(c1)c(CCCO)cn2CCN. The Kier molecular flexibility index (Phi) is 5.21. The predicted molar refractivity (Wildman–Crippen MR) is 87.4 cm³/mol. The summed E-state index contributed by atoms with van der Waals surface area (Å²) in [5, 5.41) is 19.6. The minimum Gasteiger partial charge on any atom is -0.478 e. The average molecular weight is 304 g/mol. The van der Waals surface area contributed by atoms with Crippen molar-refractivity contribution in [2.24, 2.45) is 5.73 Å². The van der Waals surface area contributed by atoms with Crippen molar-refractivity contribution in [3.05, 3.63) is 35.0 Å². The first-order chi connectivity index (χ1) is 10.5. The molecule has 0 fully saturated rings. The van der Waals surface area contributed by atoms with Crippen molar-refractivity contribution >= 4 is 16.9 Å². The number of carboxylic acids is 1. The van der Waals surface area contributed by atoms with Gasteiger partial charge in [0.05, 0.1) is 11.1 Å². The Balaban J connectivity index is 2.72. The number of carbonyl (C=O) groups is 1. The van der Waals surface area contributed by atoms with Gasteiger partial charge in [-0.1, -0.05) is 13.8 Å². The van der Waals surface area contributed by atoms with Crippen LogP contribution in [-0.2, 0) is 13.0 Å². The van der Waals surface area contributed by atoms with Gasteiger partial charge in [-0.05, 0) is 42.0 Å². The van der Waals surface area contributed by atoms with E-state index in [1.54, 1.807) is 6.07 Å². The maximum Gasteiger partial charge on any atom is 0.337 e. The van der Waals surface area contributed by atoms with E-state index in [2.05, 4.69) is 19.9 Å². The molecule has 2 rings (SSSR count). The molecular weight excluding hydrogens is 280 g/mol. The van der Waals surface area contributed by atoms with Crippen LogP contribution in [0.5, 0.6) is 0 Å². The molecule has 1 aromatic heterocycles. The fraction of sp³-hybridized carbons (Fsp3) is 0.471. The summed E-state index contributed by atoms with van der Waals surface area (Å²) in [5.41, 5.74) is 8.80. The first-order valence-electron chi connectivity index (χ1n) is 7.69. The van der Waals surface area contributed by atoms with Gasteiger partial charge in [-0.25, -0.2) is 4.79 Å². The van der Waals surface area contributed by atoms with Gasteiger partial charge in [0.2, 0.25) is 0 Å². The first-order valence-corrected chi connectivity index (χ1v) is 7.69. The van der Waals surface area contributed by atoms with Gasteiger partial charge in [-0.3, -0.25) is 0 Å². The average Bonchev–Trinajstić information content (AvgIpc) is 2.82. The lowest BCUT2D eigenvalue weighted by atomic mass is 9.96. The van der Waals surface area contributed by atoms with E-state index >= 15 is 0 Å². The molecule has 1 heterocycles. The van der Waals surface area contributed by atoms with E-state index in [4.69, 9.17) is 10.8 Å². The molecule has 0 spiro atoms. The molecule has 0 unspecified atom stereocenters. The normalized spacial score (nSPS) is 11.5. The summed E-state index contributed by atoms with van der Waals surface area (Å²) in [7, 11) is 0. The van der Waals surface area contributed by atoms with Gasteiger partial charge in [-0.15, -0.1) is 0 Å². The quantitative estimate of drug-likeness (QED) is 0.732. The summed E-state index contributed by atoms with van der Waals surface area (Å²) in [6.07, 6.45) is 3.37. The summed E-state index contributed by atoms with van der Waals surface area (Å²) in [5.74, 6) is -0.663. The molecule has 5 nitrogen and oxygen atoms in total. The fourth-order valence-electron chi connectivity index (χ4n) is 2.81. The van der Waals surface area contributed by atoms with Crippen molar-refractivity contribution in [1.29, 1.82) is 0 Å². The number of aliphatic hydroxyl groups is 1. The third-order valence-corrected chi connectivity index (χ3v) is 3.95. The zero-order chi connectivity index (χ0) is 16.3. The summed E-state index contributed by atoms with van der Waals surface area (Å²) in [6.45, 7) is 5.26. The molecule has 22 heavy (non-hydrogen) atoms. The van der Waals surface area contributed by atoms with E-state index in [1.165, 1.54) is 0 Å². The highest BCUT2D eigenvalue weighted by Gasteiger charge is 2.18. The minimum absolute atomic E-state index is 0.124. The second-order valence-electron chi connectivity index (χ2n) is 5.89. The van der Waals surface area contributed by atoms with Crippen molar-refractivity contribution in [2.75, 3.05) is 13.2 Å². The van der Waals surface area contributed by atoms with E-state index in [-0.39, 0.29) is 12.5 Å². The lowest BCUT2D eigenvalue weighted by Crippen LogP contribution is -2.11. The molecular formula is C17H24N2O3. The number of nitrogens with two attached hydrogens (primary N) is 1. The van der Waals surface area contributed by atoms with Gasteiger partial charge in [0.1, 0.15) is 0 Å². The summed E-state index contributed by atoms with van der Waals surface area (Å²) >= 11 is 0. The van der Waals surface area contributed by atoms with Gasteiger partial charge in [0.25, 0.3) is 0 Å². The fourth-order valence-corrected chi connectivity index (χ4v) is 2.81. The van der Waals surface area contributed by atoms with Crippen molar-refractivity contribution in [3.63, 3.8) is 0 Å². The van der Waals surface area contributed by atoms with E-state index in [0.29, 0.717) is 25.1 Å². The van der Waals surface area contributed by atoms with Crippen LogP contribution in [0, 0.1) is 0 Å². The number of hydrogen-bond donors (Lipinski definition) is 3. The van der Waals surface area contributed by atoms with E-state index in [9.17, 15) is 9.90 Å². The Morgan fingerprint density at radius 3 is 2.64 bits per heavy atom. The Hall–Kier alpha value is -1.85. The van der Waals surface area contributed by atoms with Crippen molar-refractivity contribution < 1.29 is 15.0 Å². The number of aryl methyl sites for hydroxylation is 1. The van der Waals surface area contributed by atoms with Crippen LogP contribution in [0.1, 0.15) is 47.7 Å². The first kappa shape index (κ1) is 16.5. The number of hydrogen-bond acceptors (Lipinski definition) is 3. The Morgan fingerprint density at radius 1 is 1.36 bits per heavy atom. The maximum atomic E-state index is 11.7. The third kappa shape index (κ3) is 3.15. The van der Waals surface area contributed by atoms with Gasteiger partial charge in [0, 0.05) is 31.3 Å². The molecule has 0 bridgehead atoms.